The van der Waals surface area contributed by atoms with Crippen LogP contribution in [0.3, 0.4) is 0 Å². The van der Waals surface area contributed by atoms with Crippen LogP contribution in [0.15, 0.2) is 54.6 Å². The van der Waals surface area contributed by atoms with Crippen LogP contribution in [0.25, 0.3) is 0 Å². The van der Waals surface area contributed by atoms with Crippen LogP contribution >= 0.6 is 0 Å². The van der Waals surface area contributed by atoms with E-state index in [1.807, 2.05) is 30.3 Å². The molecule has 0 heterocycles. The lowest BCUT2D eigenvalue weighted by atomic mass is 10.1. The largest absolute Gasteiger partial charge is 0.491 e. The Morgan fingerprint density at radius 1 is 1.12 bits per heavy atom. The lowest BCUT2D eigenvalue weighted by Gasteiger charge is -2.17. The van der Waals surface area contributed by atoms with E-state index < -0.39 is 0 Å². The van der Waals surface area contributed by atoms with Gasteiger partial charge < -0.3 is 14.8 Å². The standard InChI is InChI=1S/C19H24N2O4/c1-21(24-3)19(22)20-16-10-7-11-17(13-16)25-14-18(23-2)12-15-8-5-4-6-9-15/h4-11,13,18H,12,14H2,1-3H3,(H,20,22). The molecule has 0 aliphatic rings. The van der Waals surface area contributed by atoms with Crippen molar-refractivity contribution in [2.75, 3.05) is 33.2 Å². The van der Waals surface area contributed by atoms with E-state index in [1.165, 1.54) is 19.7 Å². The molecule has 1 unspecified atom stereocenters. The highest BCUT2D eigenvalue weighted by atomic mass is 16.7. The van der Waals surface area contributed by atoms with E-state index in [-0.39, 0.29) is 12.1 Å². The van der Waals surface area contributed by atoms with E-state index in [9.17, 15) is 4.79 Å². The number of nitrogens with zero attached hydrogens (tertiary/aromatic N) is 1. The second-order valence-electron chi connectivity index (χ2n) is 5.50. The number of rotatable bonds is 8. The molecule has 2 amide bonds. The van der Waals surface area contributed by atoms with Crippen molar-refractivity contribution in [3.8, 4) is 5.75 Å². The quantitative estimate of drug-likeness (QED) is 0.746. The van der Waals surface area contributed by atoms with Crippen LogP contribution in [0.5, 0.6) is 5.75 Å². The minimum Gasteiger partial charge on any atom is -0.491 e. The third-order valence-corrected chi connectivity index (χ3v) is 3.72. The third-order valence-electron chi connectivity index (χ3n) is 3.72. The number of carbonyl (C=O) groups excluding carboxylic acids is 1. The number of urea groups is 1. The summed E-state index contributed by atoms with van der Waals surface area (Å²) >= 11 is 0. The minimum absolute atomic E-state index is 0.0553. The van der Waals surface area contributed by atoms with Crippen molar-refractivity contribution in [2.45, 2.75) is 12.5 Å². The smallest absolute Gasteiger partial charge is 0.345 e. The number of hydroxylamine groups is 2. The van der Waals surface area contributed by atoms with Gasteiger partial charge in [-0.15, -0.1) is 0 Å². The summed E-state index contributed by atoms with van der Waals surface area (Å²) in [6.07, 6.45) is 0.715. The molecule has 6 heteroatoms. The zero-order valence-corrected chi connectivity index (χ0v) is 14.8. The molecule has 1 N–H and O–H groups in total. The Bertz CT molecular complexity index is 663. The zero-order valence-electron chi connectivity index (χ0n) is 14.8. The Morgan fingerprint density at radius 2 is 1.88 bits per heavy atom. The number of amides is 2. The average Bonchev–Trinajstić information content (AvgIpc) is 2.65. The normalized spacial score (nSPS) is 11.6. The third kappa shape index (κ3) is 6.10. The molecule has 0 aliphatic carbocycles. The summed E-state index contributed by atoms with van der Waals surface area (Å²) in [6, 6.07) is 17.0. The van der Waals surface area contributed by atoms with Crippen molar-refractivity contribution >= 4 is 11.7 Å². The molecule has 2 aromatic rings. The number of carbonyl (C=O) groups is 1. The summed E-state index contributed by atoms with van der Waals surface area (Å²) in [5.74, 6) is 0.660. The number of ether oxygens (including phenoxy) is 2. The van der Waals surface area contributed by atoms with E-state index in [4.69, 9.17) is 14.3 Å². The minimum atomic E-state index is -0.363. The van der Waals surface area contributed by atoms with Crippen LogP contribution in [0.1, 0.15) is 5.56 Å². The molecule has 0 saturated carbocycles. The fraction of sp³-hybridized carbons (Fsp3) is 0.316. The van der Waals surface area contributed by atoms with Gasteiger partial charge in [0.05, 0.1) is 13.2 Å². The molecule has 1 atom stereocenters. The van der Waals surface area contributed by atoms with Gasteiger partial charge in [0, 0.05) is 32.3 Å². The first-order chi connectivity index (χ1) is 12.1. The highest BCUT2D eigenvalue weighted by Crippen LogP contribution is 2.18. The Morgan fingerprint density at radius 3 is 2.56 bits per heavy atom. The zero-order chi connectivity index (χ0) is 18.1. The lowest BCUT2D eigenvalue weighted by Crippen LogP contribution is -2.30. The molecule has 2 aromatic carbocycles. The van der Waals surface area contributed by atoms with Crippen molar-refractivity contribution in [1.29, 1.82) is 0 Å². The highest BCUT2D eigenvalue weighted by molar-refractivity contribution is 5.88. The number of methoxy groups -OCH3 is 1. The Hall–Kier alpha value is -2.57. The van der Waals surface area contributed by atoms with Gasteiger partial charge in [0.15, 0.2) is 0 Å². The van der Waals surface area contributed by atoms with Gasteiger partial charge in [-0.05, 0) is 17.7 Å². The summed E-state index contributed by atoms with van der Waals surface area (Å²) < 4.78 is 11.3. The van der Waals surface area contributed by atoms with E-state index in [0.29, 0.717) is 18.0 Å². The van der Waals surface area contributed by atoms with Gasteiger partial charge in [-0.3, -0.25) is 4.84 Å². The second kappa shape index (κ2) is 9.66. The SMILES string of the molecule is COC(COc1cccc(NC(=O)N(C)OC)c1)Cc1ccccc1. The molecule has 0 aromatic heterocycles. The van der Waals surface area contributed by atoms with Crippen molar-refractivity contribution in [1.82, 2.24) is 5.06 Å². The van der Waals surface area contributed by atoms with Gasteiger partial charge in [0.1, 0.15) is 12.4 Å². The van der Waals surface area contributed by atoms with Crippen LogP contribution in [0, 0.1) is 0 Å². The number of nitrogens with one attached hydrogen (secondary N) is 1. The predicted octanol–water partition coefficient (Wildman–Crippen LogP) is 3.35. The van der Waals surface area contributed by atoms with Crippen molar-refractivity contribution in [3.05, 3.63) is 60.2 Å². The van der Waals surface area contributed by atoms with Crippen LogP contribution in [-0.4, -0.2) is 45.1 Å². The van der Waals surface area contributed by atoms with Gasteiger partial charge in [0.25, 0.3) is 0 Å². The van der Waals surface area contributed by atoms with Gasteiger partial charge in [-0.25, -0.2) is 9.86 Å². The van der Waals surface area contributed by atoms with E-state index in [1.54, 1.807) is 19.2 Å². The first-order valence-corrected chi connectivity index (χ1v) is 8.00. The topological polar surface area (TPSA) is 60.0 Å². The molecule has 6 nitrogen and oxygen atoms in total. The summed E-state index contributed by atoms with van der Waals surface area (Å²) in [7, 11) is 4.63. The number of hydrogen-bond acceptors (Lipinski definition) is 4. The maximum atomic E-state index is 11.8. The molecule has 0 fully saturated rings. The van der Waals surface area contributed by atoms with Gasteiger partial charge in [0.2, 0.25) is 0 Å². The molecule has 25 heavy (non-hydrogen) atoms. The number of benzene rings is 2. The van der Waals surface area contributed by atoms with E-state index in [0.717, 1.165) is 11.5 Å². The molecule has 0 saturated heterocycles. The summed E-state index contributed by atoms with van der Waals surface area (Å²) in [5.41, 5.74) is 1.82. The van der Waals surface area contributed by atoms with Crippen LogP contribution in [0.4, 0.5) is 10.5 Å². The Balaban J connectivity index is 1.91. The second-order valence-corrected chi connectivity index (χ2v) is 5.50. The molecule has 134 valence electrons. The summed E-state index contributed by atoms with van der Waals surface area (Å²) in [5, 5.41) is 3.83. The predicted molar refractivity (Wildman–Crippen MR) is 96.7 cm³/mol. The molecule has 0 aliphatic heterocycles. The Kier molecular flexibility index (Phi) is 7.25. The van der Waals surface area contributed by atoms with E-state index in [2.05, 4.69) is 17.4 Å². The van der Waals surface area contributed by atoms with Crippen LogP contribution in [0.2, 0.25) is 0 Å². The van der Waals surface area contributed by atoms with Crippen LogP contribution < -0.4 is 10.1 Å². The monoisotopic (exact) mass is 344 g/mol. The van der Waals surface area contributed by atoms with Gasteiger partial charge in [-0.1, -0.05) is 36.4 Å². The van der Waals surface area contributed by atoms with Gasteiger partial charge in [-0.2, -0.15) is 0 Å². The molecule has 0 spiro atoms. The van der Waals surface area contributed by atoms with Crippen molar-refractivity contribution in [2.24, 2.45) is 0 Å². The number of anilines is 1. The fourth-order valence-corrected chi connectivity index (χ4v) is 2.23. The molecule has 2 rings (SSSR count). The molecule has 0 radical (unpaired) electrons. The summed E-state index contributed by atoms with van der Waals surface area (Å²) in [6.45, 7) is 0.417. The first-order valence-electron chi connectivity index (χ1n) is 8.00. The molecule has 0 bridgehead atoms. The Labute approximate surface area is 148 Å². The van der Waals surface area contributed by atoms with Crippen LogP contribution in [-0.2, 0) is 16.0 Å². The van der Waals surface area contributed by atoms with Gasteiger partial charge >= 0.3 is 6.03 Å². The maximum absolute atomic E-state index is 11.8. The fourth-order valence-electron chi connectivity index (χ4n) is 2.23. The first kappa shape index (κ1) is 18.8. The molecular weight excluding hydrogens is 320 g/mol. The van der Waals surface area contributed by atoms with E-state index >= 15 is 0 Å². The van der Waals surface area contributed by atoms with Crippen molar-refractivity contribution in [3.63, 3.8) is 0 Å². The lowest BCUT2D eigenvalue weighted by molar-refractivity contribution is -0.0598. The maximum Gasteiger partial charge on any atom is 0.345 e. The molecular formula is C19H24N2O4. The number of hydrogen-bond donors (Lipinski definition) is 1. The highest BCUT2D eigenvalue weighted by Gasteiger charge is 2.11. The average molecular weight is 344 g/mol. The van der Waals surface area contributed by atoms with Crippen molar-refractivity contribution < 1.29 is 19.1 Å². The summed E-state index contributed by atoms with van der Waals surface area (Å²) in [4.78, 5) is 16.6.